The Morgan fingerprint density at radius 2 is 1.38 bits per heavy atom. The molecule has 12 heteroatoms. The van der Waals surface area contributed by atoms with Gasteiger partial charge in [-0.3, -0.25) is 4.79 Å². The number of likely N-dealkylation sites (N-methyl/N-ethyl adjacent to an activating group) is 1. The largest absolute Gasteiger partial charge is 1.00 e. The topological polar surface area (TPSA) is 63.3 Å². The lowest BCUT2D eigenvalue weighted by molar-refractivity contribution is -0.870. The highest BCUT2D eigenvalue weighted by atomic mass is 35.5. The molecule has 0 unspecified atom stereocenters. The van der Waals surface area contributed by atoms with Gasteiger partial charge >= 0.3 is 18.0 Å². The first-order valence-electron chi connectivity index (χ1n) is 5.04. The maximum absolute atomic E-state index is 11.9. The van der Waals surface area contributed by atoms with E-state index in [0.717, 1.165) is 11.0 Å². The predicted molar refractivity (Wildman–Crippen MR) is 55.1 cm³/mol. The van der Waals surface area contributed by atoms with E-state index >= 15 is 0 Å². The number of aliphatic hydroxyl groups is 1. The first kappa shape index (κ1) is 25.2. The van der Waals surface area contributed by atoms with Crippen LogP contribution in [0.5, 0.6) is 0 Å². The lowest BCUT2D eigenvalue weighted by Gasteiger charge is -2.25. The third-order valence-electron chi connectivity index (χ3n) is 1.83. The first-order valence-corrected chi connectivity index (χ1v) is 5.04. The summed E-state index contributed by atoms with van der Waals surface area (Å²) in [6.07, 6.45) is -6.52. The van der Waals surface area contributed by atoms with Crippen LogP contribution >= 0.6 is 0 Å². The van der Waals surface area contributed by atoms with E-state index in [1.54, 1.807) is 0 Å². The third kappa shape index (κ3) is 7.67. The zero-order chi connectivity index (χ0) is 17.0. The Hall–Kier alpha value is -0.810. The Bertz CT molecular complexity index is 329. The molecule has 0 radical (unpaired) electrons. The smallest absolute Gasteiger partial charge is 0.460 e. The second-order valence-electron chi connectivity index (χ2n) is 4.75. The molecule has 0 aliphatic carbocycles. The molecule has 0 aromatic heterocycles. The number of quaternary nitrogens is 1. The van der Waals surface area contributed by atoms with Crippen LogP contribution in [0.15, 0.2) is 0 Å². The van der Waals surface area contributed by atoms with Gasteiger partial charge in [0.25, 0.3) is 5.91 Å². The van der Waals surface area contributed by atoms with Crippen LogP contribution < -0.4 is 18.1 Å². The average molecular weight is 353 g/mol. The van der Waals surface area contributed by atoms with Gasteiger partial charge < -0.3 is 27.7 Å². The summed E-state index contributed by atoms with van der Waals surface area (Å²) in [6, 6.07) is 0. The van der Waals surface area contributed by atoms with E-state index in [1.165, 1.54) is 0 Å². The lowest BCUT2D eigenvalue weighted by Crippen LogP contribution is -3.00. The molecule has 0 aromatic rings. The Labute approximate surface area is 122 Å². The number of halogens is 8. The number of carbonyl (C=O) groups excluding carboxylic acids is 1. The van der Waals surface area contributed by atoms with Crippen LogP contribution in [-0.2, 0) is 4.79 Å². The fraction of sp³-hybridized carbons (Fsp3) is 0.889. The number of hydrogen-bond acceptors (Lipinski definition) is 2. The van der Waals surface area contributed by atoms with Crippen molar-refractivity contribution >= 4 is 5.91 Å². The van der Waals surface area contributed by atoms with E-state index in [-0.39, 0.29) is 19.0 Å². The van der Waals surface area contributed by atoms with Crippen LogP contribution in [0.4, 0.5) is 30.7 Å². The highest BCUT2D eigenvalue weighted by Gasteiger charge is 2.75. The van der Waals surface area contributed by atoms with Crippen molar-refractivity contribution < 1.29 is 57.5 Å². The number of amides is 1. The molecule has 0 bridgehead atoms. The monoisotopic (exact) mass is 352 g/mol. The van der Waals surface area contributed by atoms with Gasteiger partial charge in [-0.25, -0.2) is 0 Å². The van der Waals surface area contributed by atoms with Crippen molar-refractivity contribution in [3.63, 3.8) is 0 Å². The fourth-order valence-corrected chi connectivity index (χ4v) is 0.633. The Morgan fingerprint density at radius 1 is 1.05 bits per heavy atom. The summed E-state index contributed by atoms with van der Waals surface area (Å²) in [5.41, 5.74) is 3.68. The molecule has 3 N–H and O–H groups in total. The summed E-state index contributed by atoms with van der Waals surface area (Å²) in [7, 11) is 6.16. The van der Waals surface area contributed by atoms with Gasteiger partial charge in [0, 0.05) is 0 Å². The number of primary amides is 1. The SMILES string of the molecule is C[N+](C)(C)CCO.NC(=O)C(F)(F)C(F)(F)C(F)(F)F.[Cl-]. The highest BCUT2D eigenvalue weighted by molar-refractivity contribution is 5.82. The molecule has 0 aliphatic heterocycles. The van der Waals surface area contributed by atoms with Crippen LogP contribution in [0.25, 0.3) is 0 Å². The molecule has 0 aliphatic rings. The van der Waals surface area contributed by atoms with Gasteiger partial charge in [0.2, 0.25) is 0 Å². The molecule has 0 fully saturated rings. The number of nitrogens with zero attached hydrogens (tertiary/aromatic N) is 1. The minimum Gasteiger partial charge on any atom is -1.00 e. The van der Waals surface area contributed by atoms with Crippen molar-refractivity contribution in [2.75, 3.05) is 34.3 Å². The van der Waals surface area contributed by atoms with Crippen LogP contribution in [0.3, 0.4) is 0 Å². The summed E-state index contributed by atoms with van der Waals surface area (Å²) in [5, 5.41) is 8.39. The number of aliphatic hydroxyl groups excluding tert-OH is 1. The van der Waals surface area contributed by atoms with Crippen molar-refractivity contribution in [2.24, 2.45) is 5.73 Å². The van der Waals surface area contributed by atoms with Crippen LogP contribution in [0.1, 0.15) is 0 Å². The Kier molecular flexibility index (Phi) is 9.57. The minimum absolute atomic E-state index is 0. The maximum Gasteiger partial charge on any atom is 0.460 e. The fourth-order valence-electron chi connectivity index (χ4n) is 0.633. The van der Waals surface area contributed by atoms with Crippen LogP contribution in [-0.4, -0.2) is 67.8 Å². The number of alkyl halides is 7. The van der Waals surface area contributed by atoms with E-state index in [9.17, 15) is 35.5 Å². The summed E-state index contributed by atoms with van der Waals surface area (Å²) in [6.45, 7) is 1.11. The van der Waals surface area contributed by atoms with E-state index in [2.05, 4.69) is 26.9 Å². The van der Waals surface area contributed by atoms with Crippen molar-refractivity contribution in [1.29, 1.82) is 0 Å². The number of rotatable bonds is 4. The molecular weight excluding hydrogens is 337 g/mol. The minimum atomic E-state index is -6.52. The summed E-state index contributed by atoms with van der Waals surface area (Å²) in [5.74, 6) is -15.4. The van der Waals surface area contributed by atoms with Gasteiger partial charge in [-0.15, -0.1) is 0 Å². The molecule has 4 nitrogen and oxygen atoms in total. The second kappa shape index (κ2) is 7.99. The van der Waals surface area contributed by atoms with E-state index in [4.69, 9.17) is 5.11 Å². The van der Waals surface area contributed by atoms with Crippen LogP contribution in [0, 0.1) is 0 Å². The first-order chi connectivity index (χ1) is 8.50. The molecule has 130 valence electrons. The summed E-state index contributed by atoms with van der Waals surface area (Å²) in [4.78, 5) is 9.61. The zero-order valence-electron chi connectivity index (χ0n) is 11.3. The lowest BCUT2D eigenvalue weighted by atomic mass is 10.1. The molecule has 0 spiro atoms. The third-order valence-corrected chi connectivity index (χ3v) is 1.83. The average Bonchev–Trinajstić information content (AvgIpc) is 2.14. The van der Waals surface area contributed by atoms with Crippen molar-refractivity contribution in [3.05, 3.63) is 0 Å². The summed E-state index contributed by atoms with van der Waals surface area (Å²) >= 11 is 0. The molecule has 0 heterocycles. The molecule has 0 saturated heterocycles. The van der Waals surface area contributed by atoms with Gasteiger partial charge in [-0.05, 0) is 0 Å². The van der Waals surface area contributed by atoms with Crippen LogP contribution in [0.2, 0.25) is 0 Å². The zero-order valence-corrected chi connectivity index (χ0v) is 12.1. The highest BCUT2D eigenvalue weighted by Crippen LogP contribution is 2.46. The molecular formula is C9H16ClF7N2O2. The molecule has 0 rings (SSSR count). The van der Waals surface area contributed by atoms with Gasteiger partial charge in [-0.2, -0.15) is 30.7 Å². The van der Waals surface area contributed by atoms with Crippen molar-refractivity contribution in [2.45, 2.75) is 18.0 Å². The Morgan fingerprint density at radius 3 is 1.43 bits per heavy atom. The molecule has 0 aromatic carbocycles. The van der Waals surface area contributed by atoms with E-state index in [0.29, 0.717) is 0 Å². The van der Waals surface area contributed by atoms with Gasteiger partial charge in [0.05, 0.1) is 27.7 Å². The van der Waals surface area contributed by atoms with E-state index < -0.39 is 23.9 Å². The predicted octanol–water partition coefficient (Wildman–Crippen LogP) is -2.01. The van der Waals surface area contributed by atoms with Gasteiger partial charge in [0.1, 0.15) is 6.54 Å². The number of hydrogen-bond donors (Lipinski definition) is 2. The molecule has 1 amide bonds. The standard InChI is InChI=1S/C5H14NO.C4H2F7NO.ClH/c1-6(2,3)4-5-7;5-2(6,1(12)13)3(7,8)4(9,10)11;/h7H,4-5H2,1-3H3;(H2,12,13);1H/q+1;;/p-1. The molecule has 0 atom stereocenters. The normalized spacial score (nSPS) is 12.9. The summed E-state index contributed by atoms with van der Waals surface area (Å²) < 4.78 is 81.9. The quantitative estimate of drug-likeness (QED) is 0.454. The maximum atomic E-state index is 11.9. The molecule has 0 saturated carbocycles. The van der Waals surface area contributed by atoms with Crippen molar-refractivity contribution in [1.82, 2.24) is 0 Å². The van der Waals surface area contributed by atoms with Gasteiger partial charge in [-0.1, -0.05) is 0 Å². The van der Waals surface area contributed by atoms with Crippen molar-refractivity contribution in [3.8, 4) is 0 Å². The Balaban J connectivity index is -0.000000347. The second-order valence-corrected chi connectivity index (χ2v) is 4.75. The number of carbonyl (C=O) groups is 1. The van der Waals surface area contributed by atoms with E-state index in [1.807, 2.05) is 0 Å². The number of nitrogens with two attached hydrogens (primary N) is 1. The van der Waals surface area contributed by atoms with Gasteiger partial charge in [0.15, 0.2) is 0 Å². The molecule has 21 heavy (non-hydrogen) atoms.